The normalized spacial score (nSPS) is 14.1. The Morgan fingerprint density at radius 2 is 1.18 bits per heavy atom. The van der Waals surface area contributed by atoms with Gasteiger partial charge in [-0.1, -0.05) is 80.9 Å². The minimum Gasteiger partial charge on any atom is -0.444 e. The molecule has 0 radical (unpaired) electrons. The van der Waals surface area contributed by atoms with Crippen molar-refractivity contribution >= 4 is 18.5 Å². The molecule has 57 heavy (non-hydrogen) atoms. The average Bonchev–Trinajstić information content (AvgIpc) is 3.15. The van der Waals surface area contributed by atoms with Crippen molar-refractivity contribution in [1.82, 2.24) is 16.0 Å². The number of hydrogen-bond acceptors (Lipinski definition) is 11. The number of aliphatic hydroxyl groups is 2. The van der Waals surface area contributed by atoms with Gasteiger partial charge in [-0.25, -0.2) is 9.59 Å². The Labute approximate surface area is 341 Å². The number of rotatable bonds is 20. The Balaban J connectivity index is 0.000000937. The number of ether oxygens (including phenoxy) is 2. The molecule has 13 heteroatoms. The fourth-order valence-corrected chi connectivity index (χ4v) is 5.30. The van der Waals surface area contributed by atoms with Crippen molar-refractivity contribution in [2.24, 2.45) is 17.6 Å². The number of aldehydes is 1. The second-order valence-electron chi connectivity index (χ2n) is 15.9. The number of hydrogen-bond donors (Lipinski definition) is 6. The van der Waals surface area contributed by atoms with Crippen molar-refractivity contribution < 1.29 is 34.1 Å². The highest BCUT2D eigenvalue weighted by atomic mass is 16.6. The van der Waals surface area contributed by atoms with Gasteiger partial charge in [0.25, 0.3) is 0 Å². The van der Waals surface area contributed by atoms with Crippen LogP contribution in [0.3, 0.4) is 0 Å². The standard InChI is InChI=1S/C22H35N3O3.C15H24N2O3.C7H11NO/c1-5-17(12-9-13-23)15-24-16-20(26)19(14-18-10-7-6-8-11-18)25-21(27)28-22(2,3)4;1-15(2,3)20-14(19)17-12(13(18)10-16)9-11-7-5-4-6-8-11;1-2-7(6-9)4-3-5-8/h6-8,10-11,17,19-20,24,26H,5,9,12,14-16H2,1-4H3,(H,25,27);4-8,12-13,18H,9-10,16H2,1-3H3,(H,17,19);6-7H,2-4H2,1H3/t17?,19-,20+;12-,13+;/m00./s1. The van der Waals surface area contributed by atoms with Gasteiger partial charge in [-0.2, -0.15) is 10.5 Å². The van der Waals surface area contributed by atoms with Crippen molar-refractivity contribution in [2.45, 2.75) is 142 Å². The number of aliphatic hydroxyl groups excluding tert-OH is 2. The lowest BCUT2D eigenvalue weighted by Crippen LogP contribution is -2.50. The molecule has 2 amide bonds. The maximum Gasteiger partial charge on any atom is 0.407 e. The predicted octanol–water partition coefficient (Wildman–Crippen LogP) is 6.36. The number of carbonyl (C=O) groups is 3. The molecule has 0 aliphatic heterocycles. The first-order valence-electron chi connectivity index (χ1n) is 19.9. The maximum atomic E-state index is 12.2. The molecule has 6 atom stereocenters. The quantitative estimate of drug-likeness (QED) is 0.0810. The molecule has 13 nitrogen and oxygen atoms in total. The molecule has 0 saturated carbocycles. The Hall–Kier alpha value is -4.53. The second-order valence-corrected chi connectivity index (χ2v) is 15.9. The summed E-state index contributed by atoms with van der Waals surface area (Å²) in [6, 6.07) is 22.6. The van der Waals surface area contributed by atoms with Gasteiger partial charge in [0.15, 0.2) is 0 Å². The number of amides is 2. The lowest BCUT2D eigenvalue weighted by atomic mass is 9.99. The largest absolute Gasteiger partial charge is 0.444 e. The van der Waals surface area contributed by atoms with E-state index in [0.29, 0.717) is 38.1 Å². The third-order valence-corrected chi connectivity index (χ3v) is 8.54. The number of carbonyl (C=O) groups excluding carboxylic acids is 3. The molecule has 0 heterocycles. The van der Waals surface area contributed by atoms with Crippen LogP contribution in [0.2, 0.25) is 0 Å². The van der Waals surface area contributed by atoms with E-state index in [2.05, 4.69) is 28.9 Å². The molecule has 7 N–H and O–H groups in total. The van der Waals surface area contributed by atoms with E-state index in [1.807, 2.05) is 94.4 Å². The summed E-state index contributed by atoms with van der Waals surface area (Å²) in [6.07, 6.45) is 3.71. The summed E-state index contributed by atoms with van der Waals surface area (Å²) in [6.45, 7) is 16.0. The third kappa shape index (κ3) is 27.7. The van der Waals surface area contributed by atoms with E-state index in [1.54, 1.807) is 20.8 Å². The molecule has 0 aliphatic rings. The summed E-state index contributed by atoms with van der Waals surface area (Å²) in [5.41, 5.74) is 6.36. The predicted molar refractivity (Wildman–Crippen MR) is 224 cm³/mol. The summed E-state index contributed by atoms with van der Waals surface area (Å²) in [5, 5.41) is 46.3. The van der Waals surface area contributed by atoms with Crippen LogP contribution < -0.4 is 21.7 Å². The number of nitrogens with two attached hydrogens (primary N) is 1. The Bertz CT molecular complexity index is 1450. The van der Waals surface area contributed by atoms with Gasteiger partial charge in [-0.05, 0) is 97.2 Å². The summed E-state index contributed by atoms with van der Waals surface area (Å²) in [5.74, 6) is 0.503. The average molecular weight is 795 g/mol. The maximum absolute atomic E-state index is 12.2. The van der Waals surface area contributed by atoms with E-state index >= 15 is 0 Å². The number of nitriles is 2. The summed E-state index contributed by atoms with van der Waals surface area (Å²) >= 11 is 0. The molecule has 0 bridgehead atoms. The van der Waals surface area contributed by atoms with Crippen LogP contribution in [-0.4, -0.2) is 83.8 Å². The minimum absolute atomic E-state index is 0.0767. The van der Waals surface area contributed by atoms with E-state index in [-0.39, 0.29) is 12.5 Å². The molecular weight excluding hydrogens is 725 g/mol. The molecule has 0 fully saturated rings. The van der Waals surface area contributed by atoms with Gasteiger partial charge >= 0.3 is 12.2 Å². The first-order valence-corrected chi connectivity index (χ1v) is 19.9. The summed E-state index contributed by atoms with van der Waals surface area (Å²) < 4.78 is 10.5. The first-order chi connectivity index (χ1) is 26.9. The number of benzene rings is 2. The van der Waals surface area contributed by atoms with Crippen LogP contribution in [0.4, 0.5) is 9.59 Å². The molecule has 0 saturated heterocycles. The van der Waals surface area contributed by atoms with E-state index in [9.17, 15) is 24.6 Å². The van der Waals surface area contributed by atoms with Gasteiger partial charge < -0.3 is 46.2 Å². The van der Waals surface area contributed by atoms with Gasteiger partial charge in [-0.15, -0.1) is 0 Å². The Morgan fingerprint density at radius 3 is 1.54 bits per heavy atom. The van der Waals surface area contributed by atoms with Crippen LogP contribution in [0.15, 0.2) is 60.7 Å². The van der Waals surface area contributed by atoms with Gasteiger partial charge in [-0.3, -0.25) is 0 Å². The highest BCUT2D eigenvalue weighted by Crippen LogP contribution is 2.13. The Kier molecular flexibility index (Phi) is 27.3. The van der Waals surface area contributed by atoms with Crippen molar-refractivity contribution in [3.05, 3.63) is 71.8 Å². The topological polar surface area (TPSA) is 220 Å². The highest BCUT2D eigenvalue weighted by molar-refractivity contribution is 5.68. The molecule has 2 aromatic carbocycles. The van der Waals surface area contributed by atoms with E-state index < -0.39 is 47.7 Å². The zero-order valence-electron chi connectivity index (χ0n) is 35.5. The number of nitrogens with one attached hydrogen (secondary N) is 3. The molecular formula is C44H70N6O7. The van der Waals surface area contributed by atoms with Gasteiger partial charge in [0, 0.05) is 31.8 Å². The van der Waals surface area contributed by atoms with Crippen LogP contribution in [0.1, 0.15) is 105 Å². The monoisotopic (exact) mass is 795 g/mol. The van der Waals surface area contributed by atoms with Crippen LogP contribution in [0, 0.1) is 34.5 Å². The van der Waals surface area contributed by atoms with Gasteiger partial charge in [0.1, 0.15) is 17.5 Å². The molecule has 0 aliphatic carbocycles. The summed E-state index contributed by atoms with van der Waals surface area (Å²) in [7, 11) is 0. The summed E-state index contributed by atoms with van der Waals surface area (Å²) in [4.78, 5) is 34.1. The van der Waals surface area contributed by atoms with Gasteiger partial charge in [0.05, 0.1) is 36.4 Å². The van der Waals surface area contributed by atoms with Crippen LogP contribution in [0.5, 0.6) is 0 Å². The fraction of sp³-hybridized carbons (Fsp3) is 0.614. The zero-order chi connectivity index (χ0) is 43.3. The van der Waals surface area contributed by atoms with Crippen molar-refractivity contribution in [1.29, 1.82) is 10.5 Å². The molecule has 0 spiro atoms. The lowest BCUT2D eigenvalue weighted by molar-refractivity contribution is -0.111. The van der Waals surface area contributed by atoms with Gasteiger partial charge in [0.2, 0.25) is 0 Å². The Morgan fingerprint density at radius 1 is 0.737 bits per heavy atom. The fourth-order valence-electron chi connectivity index (χ4n) is 5.30. The number of alkyl carbamates (subject to hydrolysis) is 2. The molecule has 318 valence electrons. The molecule has 0 aromatic heterocycles. The zero-order valence-corrected chi connectivity index (χ0v) is 35.5. The third-order valence-electron chi connectivity index (χ3n) is 8.54. The van der Waals surface area contributed by atoms with Crippen LogP contribution in [0.25, 0.3) is 0 Å². The molecule has 2 unspecified atom stereocenters. The second kappa shape index (κ2) is 29.7. The molecule has 2 rings (SSSR count). The van der Waals surface area contributed by atoms with E-state index in [0.717, 1.165) is 49.6 Å². The minimum atomic E-state index is -0.817. The molecule has 2 aromatic rings. The SMILES string of the molecule is CC(C)(C)OC(=O)N[C@@H](Cc1ccccc1)[C@H](O)CN.CCC(C=O)CCC#N.CCC(CCC#N)CNC[C@@H](O)[C@H](Cc1ccccc1)NC(=O)OC(C)(C)C. The first kappa shape index (κ1) is 52.5. The lowest BCUT2D eigenvalue weighted by Gasteiger charge is -2.27. The smallest absolute Gasteiger partial charge is 0.407 e. The van der Waals surface area contributed by atoms with Crippen molar-refractivity contribution in [3.8, 4) is 12.1 Å². The number of nitrogens with zero attached hydrogens (tertiary/aromatic N) is 2. The van der Waals surface area contributed by atoms with Crippen molar-refractivity contribution in [3.63, 3.8) is 0 Å². The van der Waals surface area contributed by atoms with Crippen molar-refractivity contribution in [2.75, 3.05) is 19.6 Å². The van der Waals surface area contributed by atoms with E-state index in [1.165, 1.54) is 0 Å². The highest BCUT2D eigenvalue weighted by Gasteiger charge is 2.26. The van der Waals surface area contributed by atoms with Crippen LogP contribution >= 0.6 is 0 Å². The van der Waals surface area contributed by atoms with E-state index in [4.69, 9.17) is 25.7 Å². The van der Waals surface area contributed by atoms with Crippen LogP contribution in [-0.2, 0) is 27.1 Å².